The number of carbonyl (C=O) groups excluding carboxylic acids is 1. The van der Waals surface area contributed by atoms with Gasteiger partial charge in [-0.1, -0.05) is 38.1 Å². The number of pyridine rings is 1. The molecule has 1 fully saturated rings. The third-order valence-corrected chi connectivity index (χ3v) is 7.05. The monoisotopic (exact) mass is 460 g/mol. The summed E-state index contributed by atoms with van der Waals surface area (Å²) in [6.07, 6.45) is 4.05. The molecule has 0 radical (unpaired) electrons. The van der Waals surface area contributed by atoms with Gasteiger partial charge >= 0.3 is 0 Å². The number of hydrogen-bond donors (Lipinski definition) is 2. The van der Waals surface area contributed by atoms with Crippen molar-refractivity contribution in [3.63, 3.8) is 0 Å². The topological polar surface area (TPSA) is 57.3 Å². The molecule has 1 aliphatic heterocycles. The van der Waals surface area contributed by atoms with Gasteiger partial charge in [-0.25, -0.2) is 9.37 Å². The van der Waals surface area contributed by atoms with Crippen LogP contribution in [0.25, 0.3) is 0 Å². The highest BCUT2D eigenvalue weighted by atomic mass is 19.1. The van der Waals surface area contributed by atoms with Gasteiger partial charge in [-0.3, -0.25) is 4.79 Å². The maximum atomic E-state index is 13.1. The van der Waals surface area contributed by atoms with Crippen LogP contribution in [-0.4, -0.2) is 35.9 Å². The quantitative estimate of drug-likeness (QED) is 0.475. The SMILES string of the molecule is CN1CCC(C(C)(C)c2ccc(NC(=O)c3cccnc3NCc3ccc(F)cc3)cc2)CC1. The van der Waals surface area contributed by atoms with Crippen molar-refractivity contribution in [2.75, 3.05) is 30.8 Å². The van der Waals surface area contributed by atoms with Gasteiger partial charge in [-0.2, -0.15) is 0 Å². The zero-order valence-electron chi connectivity index (χ0n) is 20.1. The number of rotatable bonds is 7. The third-order valence-electron chi connectivity index (χ3n) is 7.05. The molecule has 0 saturated carbocycles. The van der Waals surface area contributed by atoms with Crippen molar-refractivity contribution < 1.29 is 9.18 Å². The number of carbonyl (C=O) groups is 1. The molecule has 5 nitrogen and oxygen atoms in total. The first-order valence-corrected chi connectivity index (χ1v) is 11.9. The summed E-state index contributed by atoms with van der Waals surface area (Å²) >= 11 is 0. The molecule has 6 heteroatoms. The number of anilines is 2. The fraction of sp³-hybridized carbons (Fsp3) is 0.357. The summed E-state index contributed by atoms with van der Waals surface area (Å²) in [5.41, 5.74) is 3.50. The summed E-state index contributed by atoms with van der Waals surface area (Å²) in [4.78, 5) is 19.7. The van der Waals surface area contributed by atoms with Crippen LogP contribution in [0.5, 0.6) is 0 Å². The maximum absolute atomic E-state index is 13.1. The van der Waals surface area contributed by atoms with Crippen molar-refractivity contribution in [2.24, 2.45) is 5.92 Å². The first kappa shape index (κ1) is 23.9. The molecule has 178 valence electrons. The van der Waals surface area contributed by atoms with Crippen molar-refractivity contribution in [2.45, 2.75) is 38.6 Å². The highest BCUT2D eigenvalue weighted by Gasteiger charge is 2.33. The van der Waals surface area contributed by atoms with Gasteiger partial charge in [-0.15, -0.1) is 0 Å². The van der Waals surface area contributed by atoms with E-state index in [4.69, 9.17) is 0 Å². The minimum atomic E-state index is -0.276. The molecule has 1 aromatic heterocycles. The molecule has 0 bridgehead atoms. The lowest BCUT2D eigenvalue weighted by molar-refractivity contribution is 0.102. The molecule has 2 aromatic carbocycles. The van der Waals surface area contributed by atoms with Crippen molar-refractivity contribution in [1.82, 2.24) is 9.88 Å². The lowest BCUT2D eigenvalue weighted by Gasteiger charge is -2.40. The molecule has 3 aromatic rings. The number of nitrogens with zero attached hydrogens (tertiary/aromatic N) is 2. The van der Waals surface area contributed by atoms with Crippen molar-refractivity contribution in [3.8, 4) is 0 Å². The molecule has 0 aliphatic carbocycles. The molecule has 0 spiro atoms. The van der Waals surface area contributed by atoms with Gasteiger partial charge in [0.1, 0.15) is 11.6 Å². The lowest BCUT2D eigenvalue weighted by atomic mass is 9.69. The average molecular weight is 461 g/mol. The summed E-state index contributed by atoms with van der Waals surface area (Å²) in [6, 6.07) is 18.0. The molecule has 4 rings (SSSR count). The highest BCUT2D eigenvalue weighted by molar-refractivity contribution is 6.07. The smallest absolute Gasteiger partial charge is 0.259 e. The Bertz CT molecular complexity index is 1100. The lowest BCUT2D eigenvalue weighted by Crippen LogP contribution is -2.39. The third kappa shape index (κ3) is 5.62. The predicted octanol–water partition coefficient (Wildman–Crippen LogP) is 5.70. The fourth-order valence-electron chi connectivity index (χ4n) is 4.66. The Hall–Kier alpha value is -3.25. The van der Waals surface area contributed by atoms with Crippen LogP contribution in [0.4, 0.5) is 15.9 Å². The second kappa shape index (κ2) is 10.3. The Morgan fingerprint density at radius 1 is 1.06 bits per heavy atom. The average Bonchev–Trinajstić information content (AvgIpc) is 2.84. The maximum Gasteiger partial charge on any atom is 0.259 e. The van der Waals surface area contributed by atoms with Crippen LogP contribution in [0.15, 0.2) is 66.9 Å². The van der Waals surface area contributed by atoms with E-state index in [1.165, 1.54) is 30.5 Å². The van der Waals surface area contributed by atoms with E-state index in [1.54, 1.807) is 30.5 Å². The molecule has 1 saturated heterocycles. The number of aromatic nitrogens is 1. The van der Waals surface area contributed by atoms with Crippen molar-refractivity contribution in [1.29, 1.82) is 0 Å². The summed E-state index contributed by atoms with van der Waals surface area (Å²) in [5.74, 6) is 0.637. The minimum Gasteiger partial charge on any atom is -0.365 e. The number of nitrogens with one attached hydrogen (secondary N) is 2. The number of likely N-dealkylation sites (tertiary alicyclic amines) is 1. The summed E-state index contributed by atoms with van der Waals surface area (Å²) in [6.45, 7) is 7.38. The molecule has 1 aliphatic rings. The number of benzene rings is 2. The van der Waals surface area contributed by atoms with E-state index in [9.17, 15) is 9.18 Å². The molecular weight excluding hydrogens is 427 g/mol. The number of piperidine rings is 1. The second-order valence-electron chi connectivity index (χ2n) is 9.71. The zero-order chi connectivity index (χ0) is 24.1. The van der Waals surface area contributed by atoms with Crippen LogP contribution in [0.3, 0.4) is 0 Å². The van der Waals surface area contributed by atoms with E-state index in [0.717, 1.165) is 24.3 Å². The summed E-state index contributed by atoms with van der Waals surface area (Å²) in [5, 5.41) is 6.18. The molecule has 0 atom stereocenters. The van der Waals surface area contributed by atoms with Gasteiger partial charge in [0, 0.05) is 18.4 Å². The van der Waals surface area contributed by atoms with E-state index in [2.05, 4.69) is 53.5 Å². The highest BCUT2D eigenvalue weighted by Crippen LogP contribution is 2.38. The molecule has 0 unspecified atom stereocenters. The summed E-state index contributed by atoms with van der Waals surface area (Å²) < 4.78 is 13.1. The van der Waals surface area contributed by atoms with E-state index in [-0.39, 0.29) is 17.1 Å². The second-order valence-corrected chi connectivity index (χ2v) is 9.71. The van der Waals surface area contributed by atoms with Crippen LogP contribution in [-0.2, 0) is 12.0 Å². The van der Waals surface area contributed by atoms with Crippen LogP contribution < -0.4 is 10.6 Å². The van der Waals surface area contributed by atoms with Gasteiger partial charge in [0.25, 0.3) is 5.91 Å². The predicted molar refractivity (Wildman–Crippen MR) is 136 cm³/mol. The Kier molecular flexibility index (Phi) is 7.27. The van der Waals surface area contributed by atoms with E-state index in [1.807, 2.05) is 12.1 Å². The first-order valence-electron chi connectivity index (χ1n) is 11.9. The van der Waals surface area contributed by atoms with Gasteiger partial charge in [0.05, 0.1) is 5.56 Å². The van der Waals surface area contributed by atoms with E-state index >= 15 is 0 Å². The van der Waals surface area contributed by atoms with Crippen LogP contribution >= 0.6 is 0 Å². The van der Waals surface area contributed by atoms with E-state index < -0.39 is 0 Å². The van der Waals surface area contributed by atoms with Gasteiger partial charge in [0.15, 0.2) is 0 Å². The van der Waals surface area contributed by atoms with Crippen LogP contribution in [0, 0.1) is 11.7 Å². The Morgan fingerprint density at radius 2 is 1.74 bits per heavy atom. The Labute approximate surface area is 201 Å². The van der Waals surface area contributed by atoms with Gasteiger partial charge in [0.2, 0.25) is 0 Å². The van der Waals surface area contributed by atoms with Crippen molar-refractivity contribution >= 4 is 17.4 Å². The normalized spacial score (nSPS) is 15.2. The molecular formula is C28H33FN4O. The first-order chi connectivity index (χ1) is 16.3. The minimum absolute atomic E-state index is 0.0879. The molecule has 2 heterocycles. The standard InChI is InChI=1S/C28H33FN4O/c1-28(2,22-14-17-33(3)18-15-22)21-8-12-24(13-9-21)32-27(34)25-5-4-16-30-26(25)31-19-20-6-10-23(29)11-7-20/h4-13,16,22H,14-15,17-19H2,1-3H3,(H,30,31)(H,32,34). The van der Waals surface area contributed by atoms with Gasteiger partial charge in [-0.05, 0) is 91.8 Å². The van der Waals surface area contributed by atoms with Crippen molar-refractivity contribution in [3.05, 3.63) is 89.4 Å². The van der Waals surface area contributed by atoms with Crippen LogP contribution in [0.1, 0.15) is 48.2 Å². The fourth-order valence-corrected chi connectivity index (χ4v) is 4.66. The van der Waals surface area contributed by atoms with Crippen LogP contribution in [0.2, 0.25) is 0 Å². The zero-order valence-corrected chi connectivity index (χ0v) is 20.1. The largest absolute Gasteiger partial charge is 0.365 e. The Morgan fingerprint density at radius 3 is 2.41 bits per heavy atom. The number of halogens is 1. The molecule has 1 amide bonds. The Balaban J connectivity index is 1.41. The van der Waals surface area contributed by atoms with Gasteiger partial charge < -0.3 is 15.5 Å². The molecule has 34 heavy (non-hydrogen) atoms. The number of hydrogen-bond acceptors (Lipinski definition) is 4. The molecule has 2 N–H and O–H groups in total. The summed E-state index contributed by atoms with van der Waals surface area (Å²) in [7, 11) is 2.19. The van der Waals surface area contributed by atoms with E-state index in [0.29, 0.717) is 23.8 Å². The number of amides is 1.